The smallest absolute Gasteiger partial charge is 0.236 e. The third-order valence-corrected chi connectivity index (χ3v) is 0.468. The molecule has 0 aromatic heterocycles. The summed E-state index contributed by atoms with van der Waals surface area (Å²) in [5, 5.41) is 3.30. The lowest BCUT2D eigenvalue weighted by Gasteiger charge is -1.86. The molecule has 0 atom stereocenters. The van der Waals surface area contributed by atoms with Gasteiger partial charge in [0.15, 0.2) is 5.78 Å². The Balaban J connectivity index is 3.48. The van der Waals surface area contributed by atoms with E-state index < -0.39 is 0 Å². The first-order valence-corrected chi connectivity index (χ1v) is 2.43. The Kier molecular flexibility index (Phi) is 3.27. The third kappa shape index (κ3) is 6.81. The first-order chi connectivity index (χ1) is 4.13. The summed E-state index contributed by atoms with van der Waals surface area (Å²) < 4.78 is 0. The predicted molar refractivity (Wildman–Crippen MR) is 33.0 cm³/mol. The second-order valence-corrected chi connectivity index (χ2v) is 1.54. The van der Waals surface area contributed by atoms with Crippen LogP contribution in [-0.4, -0.2) is 17.9 Å². The van der Waals surface area contributed by atoms with E-state index in [1.54, 1.807) is 0 Å². The fourth-order valence-corrected chi connectivity index (χ4v) is 0.214. The second-order valence-electron chi connectivity index (χ2n) is 1.54. The second kappa shape index (κ2) is 3.77. The van der Waals surface area contributed by atoms with E-state index in [2.05, 4.69) is 10.5 Å². The number of Topliss-reactive ketones (excluding diaryl/α,β-unsaturated/α-hetero) is 1. The highest BCUT2D eigenvalue weighted by atomic mass is 16.2. The third-order valence-electron chi connectivity index (χ3n) is 0.468. The molecule has 0 aromatic rings. The standard InChI is InChI=1S/C5H8N2O2/c1-4(8)3-6-7-5(2)9/h3H,1-2H3,(H,7,9)/b6-3-. The molecule has 1 N–H and O–H groups in total. The van der Waals surface area contributed by atoms with Crippen LogP contribution < -0.4 is 5.43 Å². The molecule has 0 bridgehead atoms. The summed E-state index contributed by atoms with van der Waals surface area (Å²) in [5.41, 5.74) is 2.09. The zero-order chi connectivity index (χ0) is 7.28. The van der Waals surface area contributed by atoms with E-state index in [0.29, 0.717) is 0 Å². The molecule has 0 saturated carbocycles. The van der Waals surface area contributed by atoms with Gasteiger partial charge < -0.3 is 0 Å². The zero-order valence-electron chi connectivity index (χ0n) is 5.34. The van der Waals surface area contributed by atoms with Crippen molar-refractivity contribution in [1.29, 1.82) is 0 Å². The van der Waals surface area contributed by atoms with Crippen LogP contribution in [0.5, 0.6) is 0 Å². The van der Waals surface area contributed by atoms with Crippen LogP contribution in [-0.2, 0) is 9.59 Å². The number of ketones is 1. The molecule has 0 heterocycles. The average Bonchev–Trinajstić information content (AvgIpc) is 1.63. The molecular weight excluding hydrogens is 120 g/mol. The summed E-state index contributed by atoms with van der Waals surface area (Å²) in [6.07, 6.45) is 1.04. The minimum atomic E-state index is -0.285. The number of nitrogens with zero attached hydrogens (tertiary/aromatic N) is 1. The summed E-state index contributed by atoms with van der Waals surface area (Å²) in [6, 6.07) is 0. The van der Waals surface area contributed by atoms with Crippen molar-refractivity contribution in [2.75, 3.05) is 0 Å². The van der Waals surface area contributed by atoms with Crippen molar-refractivity contribution in [2.24, 2.45) is 5.10 Å². The van der Waals surface area contributed by atoms with E-state index in [0.717, 1.165) is 6.21 Å². The maximum Gasteiger partial charge on any atom is 0.236 e. The van der Waals surface area contributed by atoms with Crippen molar-refractivity contribution in [2.45, 2.75) is 13.8 Å². The lowest BCUT2D eigenvalue weighted by atomic mass is 10.5. The summed E-state index contributed by atoms with van der Waals surface area (Å²) in [5.74, 6) is -0.476. The van der Waals surface area contributed by atoms with E-state index in [-0.39, 0.29) is 11.7 Å². The van der Waals surface area contributed by atoms with Gasteiger partial charge in [-0.25, -0.2) is 5.43 Å². The van der Waals surface area contributed by atoms with Crippen LogP contribution in [0.2, 0.25) is 0 Å². The van der Waals surface area contributed by atoms with Gasteiger partial charge in [0.25, 0.3) is 0 Å². The Labute approximate surface area is 52.9 Å². The summed E-state index contributed by atoms with van der Waals surface area (Å²) >= 11 is 0. The largest absolute Gasteiger partial charge is 0.293 e. The van der Waals surface area contributed by atoms with E-state index >= 15 is 0 Å². The van der Waals surface area contributed by atoms with Crippen molar-refractivity contribution in [3.05, 3.63) is 0 Å². The Morgan fingerprint density at radius 1 is 1.44 bits per heavy atom. The molecule has 9 heavy (non-hydrogen) atoms. The summed E-state index contributed by atoms with van der Waals surface area (Å²) in [7, 11) is 0. The first-order valence-electron chi connectivity index (χ1n) is 2.43. The molecule has 0 spiro atoms. The van der Waals surface area contributed by atoms with Crippen LogP contribution in [0.3, 0.4) is 0 Å². The molecule has 0 rings (SSSR count). The van der Waals surface area contributed by atoms with Gasteiger partial charge >= 0.3 is 0 Å². The highest BCUT2D eigenvalue weighted by Crippen LogP contribution is 1.62. The Bertz CT molecular complexity index is 151. The van der Waals surface area contributed by atoms with E-state index in [4.69, 9.17) is 0 Å². The van der Waals surface area contributed by atoms with Gasteiger partial charge in [-0.05, 0) is 0 Å². The molecule has 1 amide bonds. The predicted octanol–water partition coefficient (Wildman–Crippen LogP) is -0.303. The monoisotopic (exact) mass is 128 g/mol. The fraction of sp³-hybridized carbons (Fsp3) is 0.400. The number of hydrazone groups is 1. The average molecular weight is 128 g/mol. The van der Waals surface area contributed by atoms with Crippen molar-refractivity contribution >= 4 is 17.9 Å². The van der Waals surface area contributed by atoms with Gasteiger partial charge in [0.2, 0.25) is 5.91 Å². The SMILES string of the molecule is CC(=O)/C=N\NC(C)=O. The maximum absolute atomic E-state index is 10.1. The topological polar surface area (TPSA) is 58.5 Å². The molecule has 0 aromatic carbocycles. The van der Waals surface area contributed by atoms with Crippen LogP contribution in [0.15, 0.2) is 5.10 Å². The van der Waals surface area contributed by atoms with Crippen molar-refractivity contribution in [1.82, 2.24) is 5.43 Å². The molecule has 0 saturated heterocycles. The minimum Gasteiger partial charge on any atom is -0.293 e. The molecule has 0 radical (unpaired) electrons. The Morgan fingerprint density at radius 2 is 2.00 bits per heavy atom. The van der Waals surface area contributed by atoms with Crippen LogP contribution in [0, 0.1) is 0 Å². The van der Waals surface area contributed by atoms with E-state index in [1.165, 1.54) is 13.8 Å². The van der Waals surface area contributed by atoms with Crippen molar-refractivity contribution in [3.8, 4) is 0 Å². The minimum absolute atomic E-state index is 0.191. The highest BCUT2D eigenvalue weighted by Gasteiger charge is 1.84. The zero-order valence-corrected chi connectivity index (χ0v) is 5.34. The molecule has 0 aliphatic carbocycles. The molecule has 0 aliphatic heterocycles. The number of amides is 1. The van der Waals surface area contributed by atoms with Gasteiger partial charge in [-0.2, -0.15) is 5.10 Å². The number of carbonyl (C=O) groups excluding carboxylic acids is 2. The maximum atomic E-state index is 10.1. The van der Waals surface area contributed by atoms with Gasteiger partial charge in [-0.3, -0.25) is 9.59 Å². The van der Waals surface area contributed by atoms with Gasteiger partial charge in [0.1, 0.15) is 0 Å². The molecule has 4 heteroatoms. The van der Waals surface area contributed by atoms with Crippen LogP contribution in [0.25, 0.3) is 0 Å². The lowest BCUT2D eigenvalue weighted by molar-refractivity contribution is -0.118. The normalized spacial score (nSPS) is 9.56. The number of hydrogen-bond acceptors (Lipinski definition) is 3. The number of hydrogen-bond donors (Lipinski definition) is 1. The van der Waals surface area contributed by atoms with Crippen LogP contribution >= 0.6 is 0 Å². The molecule has 0 unspecified atom stereocenters. The fourth-order valence-electron chi connectivity index (χ4n) is 0.214. The molecular formula is C5H8N2O2. The number of nitrogens with one attached hydrogen (secondary N) is 1. The first kappa shape index (κ1) is 7.81. The van der Waals surface area contributed by atoms with Gasteiger partial charge in [0, 0.05) is 13.8 Å². The Morgan fingerprint density at radius 3 is 2.33 bits per heavy atom. The quantitative estimate of drug-likeness (QED) is 0.410. The number of rotatable bonds is 2. The van der Waals surface area contributed by atoms with Crippen molar-refractivity contribution in [3.63, 3.8) is 0 Å². The van der Waals surface area contributed by atoms with Crippen LogP contribution in [0.4, 0.5) is 0 Å². The molecule has 50 valence electrons. The molecule has 0 aliphatic rings. The van der Waals surface area contributed by atoms with E-state index in [9.17, 15) is 9.59 Å². The Hall–Kier alpha value is -1.19. The lowest BCUT2D eigenvalue weighted by Crippen LogP contribution is -2.13. The van der Waals surface area contributed by atoms with E-state index in [1.807, 2.05) is 0 Å². The van der Waals surface area contributed by atoms with Gasteiger partial charge in [-0.15, -0.1) is 0 Å². The van der Waals surface area contributed by atoms with Crippen LogP contribution in [0.1, 0.15) is 13.8 Å². The van der Waals surface area contributed by atoms with Gasteiger partial charge in [0.05, 0.1) is 6.21 Å². The summed E-state index contributed by atoms with van der Waals surface area (Å²) in [4.78, 5) is 20.2. The number of carbonyl (C=O) groups is 2. The summed E-state index contributed by atoms with van der Waals surface area (Å²) in [6.45, 7) is 2.67. The van der Waals surface area contributed by atoms with Crippen molar-refractivity contribution < 1.29 is 9.59 Å². The van der Waals surface area contributed by atoms with Gasteiger partial charge in [-0.1, -0.05) is 0 Å². The molecule has 4 nitrogen and oxygen atoms in total. The highest BCUT2D eigenvalue weighted by molar-refractivity contribution is 6.26. The molecule has 0 fully saturated rings.